The monoisotopic (exact) mass is 240 g/mol. The van der Waals surface area contributed by atoms with E-state index in [9.17, 15) is 9.90 Å². The molecule has 2 heterocycles. The molecule has 1 unspecified atom stereocenters. The van der Waals surface area contributed by atoms with E-state index in [-0.39, 0.29) is 0 Å². The second-order valence-corrected chi connectivity index (χ2v) is 4.72. The van der Waals surface area contributed by atoms with Gasteiger partial charge in [-0.1, -0.05) is 0 Å². The lowest BCUT2D eigenvalue weighted by Crippen LogP contribution is -2.36. The Kier molecular flexibility index (Phi) is 3.93. The first-order valence-electron chi connectivity index (χ1n) is 5.48. The highest BCUT2D eigenvalue weighted by molar-refractivity contribution is 7.08. The van der Waals surface area contributed by atoms with Crippen molar-refractivity contribution in [2.75, 3.05) is 26.2 Å². The Labute approximate surface area is 98.9 Å². The van der Waals surface area contributed by atoms with E-state index in [1.165, 1.54) is 0 Å². The van der Waals surface area contributed by atoms with Crippen LogP contribution in [0.3, 0.4) is 0 Å². The summed E-state index contributed by atoms with van der Waals surface area (Å²) >= 11 is 1.55. The van der Waals surface area contributed by atoms with Gasteiger partial charge < -0.3 is 10.4 Å². The summed E-state index contributed by atoms with van der Waals surface area (Å²) in [5.41, 5.74) is 0.902. The van der Waals surface area contributed by atoms with Gasteiger partial charge in [0.15, 0.2) is 0 Å². The van der Waals surface area contributed by atoms with Crippen LogP contribution in [0.15, 0.2) is 16.8 Å². The van der Waals surface area contributed by atoms with E-state index in [1.807, 2.05) is 21.7 Å². The lowest BCUT2D eigenvalue weighted by Gasteiger charge is -2.26. The number of carboxylic acid groups (broad SMARTS) is 1. The molecule has 0 bridgehead atoms. The predicted molar refractivity (Wildman–Crippen MR) is 63.8 cm³/mol. The molecule has 1 aliphatic rings. The highest BCUT2D eigenvalue weighted by Crippen LogP contribution is 2.23. The fourth-order valence-corrected chi connectivity index (χ4v) is 2.74. The quantitative estimate of drug-likeness (QED) is 0.832. The molecule has 0 radical (unpaired) electrons. The molecule has 0 amide bonds. The lowest BCUT2D eigenvalue weighted by molar-refractivity contribution is -0.143. The zero-order chi connectivity index (χ0) is 11.4. The molecule has 4 nitrogen and oxygen atoms in total. The molecule has 0 spiro atoms. The molecule has 1 fully saturated rings. The number of hydrogen-bond donors (Lipinski definition) is 2. The van der Waals surface area contributed by atoms with Crippen LogP contribution in [0, 0.1) is 0 Å². The normalized spacial score (nSPS) is 20.2. The van der Waals surface area contributed by atoms with Crippen LogP contribution in [0.1, 0.15) is 18.0 Å². The van der Waals surface area contributed by atoms with Crippen molar-refractivity contribution in [3.05, 3.63) is 22.4 Å². The molecular formula is C11H16N2O2S. The zero-order valence-corrected chi connectivity index (χ0v) is 9.87. The Balaban J connectivity index is 2.15. The van der Waals surface area contributed by atoms with E-state index < -0.39 is 12.0 Å². The number of nitrogens with zero attached hydrogens (tertiary/aromatic N) is 1. The van der Waals surface area contributed by atoms with Crippen LogP contribution >= 0.6 is 11.3 Å². The van der Waals surface area contributed by atoms with Crippen molar-refractivity contribution in [1.82, 2.24) is 10.2 Å². The summed E-state index contributed by atoms with van der Waals surface area (Å²) in [6.07, 6.45) is 1.01. The molecule has 88 valence electrons. The summed E-state index contributed by atoms with van der Waals surface area (Å²) in [5.74, 6) is -0.750. The minimum Gasteiger partial charge on any atom is -0.480 e. The van der Waals surface area contributed by atoms with Gasteiger partial charge in [-0.05, 0) is 35.4 Å². The number of carboxylic acids is 1. The maximum atomic E-state index is 11.4. The van der Waals surface area contributed by atoms with Crippen molar-refractivity contribution in [2.24, 2.45) is 0 Å². The molecular weight excluding hydrogens is 224 g/mol. The molecule has 2 rings (SSSR count). The Morgan fingerprint density at radius 1 is 1.50 bits per heavy atom. The van der Waals surface area contributed by atoms with Crippen molar-refractivity contribution < 1.29 is 9.90 Å². The van der Waals surface area contributed by atoms with Gasteiger partial charge in [0.2, 0.25) is 0 Å². The number of nitrogens with one attached hydrogen (secondary N) is 1. The van der Waals surface area contributed by atoms with Crippen molar-refractivity contribution in [2.45, 2.75) is 12.5 Å². The first-order valence-corrected chi connectivity index (χ1v) is 6.43. The Bertz CT molecular complexity index is 332. The van der Waals surface area contributed by atoms with Gasteiger partial charge in [-0.25, -0.2) is 0 Å². The van der Waals surface area contributed by atoms with Gasteiger partial charge in [-0.3, -0.25) is 9.69 Å². The van der Waals surface area contributed by atoms with Crippen LogP contribution in [0.25, 0.3) is 0 Å². The van der Waals surface area contributed by atoms with Gasteiger partial charge in [-0.15, -0.1) is 0 Å². The highest BCUT2D eigenvalue weighted by atomic mass is 32.1. The van der Waals surface area contributed by atoms with E-state index >= 15 is 0 Å². The number of rotatable bonds is 3. The predicted octanol–water partition coefficient (Wildman–Crippen LogP) is 1.17. The Morgan fingerprint density at radius 3 is 3.06 bits per heavy atom. The average molecular weight is 240 g/mol. The lowest BCUT2D eigenvalue weighted by atomic mass is 10.1. The Hall–Kier alpha value is -0.910. The van der Waals surface area contributed by atoms with Crippen LogP contribution in [-0.2, 0) is 4.79 Å². The summed E-state index contributed by atoms with van der Waals surface area (Å²) in [7, 11) is 0. The van der Waals surface area contributed by atoms with Gasteiger partial charge in [-0.2, -0.15) is 11.3 Å². The third kappa shape index (κ3) is 2.61. The zero-order valence-electron chi connectivity index (χ0n) is 9.06. The number of thiophene rings is 1. The molecule has 1 aromatic rings. The average Bonchev–Trinajstić information content (AvgIpc) is 2.62. The molecule has 0 aliphatic carbocycles. The van der Waals surface area contributed by atoms with E-state index in [4.69, 9.17) is 0 Å². The number of carbonyl (C=O) groups is 1. The fourth-order valence-electron chi connectivity index (χ4n) is 2.06. The second kappa shape index (κ2) is 5.43. The molecule has 0 saturated carbocycles. The molecule has 5 heteroatoms. The number of aliphatic carboxylic acids is 1. The van der Waals surface area contributed by atoms with Gasteiger partial charge in [0, 0.05) is 19.6 Å². The molecule has 1 aromatic heterocycles. The fraction of sp³-hybridized carbons (Fsp3) is 0.545. The van der Waals surface area contributed by atoms with E-state index in [1.54, 1.807) is 11.3 Å². The first-order chi connectivity index (χ1) is 7.79. The Morgan fingerprint density at radius 2 is 2.38 bits per heavy atom. The standard InChI is InChI=1S/C11H16N2O2S/c14-11(15)10(9-2-7-16-8-9)13-5-1-3-12-4-6-13/h2,7-8,10,12H,1,3-6H2,(H,14,15). The highest BCUT2D eigenvalue weighted by Gasteiger charge is 2.27. The maximum Gasteiger partial charge on any atom is 0.325 e. The summed E-state index contributed by atoms with van der Waals surface area (Å²) in [6, 6.07) is 1.42. The van der Waals surface area contributed by atoms with Gasteiger partial charge in [0.25, 0.3) is 0 Å². The largest absolute Gasteiger partial charge is 0.480 e. The van der Waals surface area contributed by atoms with E-state index in [2.05, 4.69) is 5.32 Å². The summed E-state index contributed by atoms with van der Waals surface area (Å²) < 4.78 is 0. The molecule has 1 aliphatic heterocycles. The smallest absolute Gasteiger partial charge is 0.325 e. The van der Waals surface area contributed by atoms with Crippen molar-refractivity contribution in [1.29, 1.82) is 0 Å². The molecule has 1 atom stereocenters. The van der Waals surface area contributed by atoms with Crippen molar-refractivity contribution in [3.8, 4) is 0 Å². The minimum absolute atomic E-state index is 0.480. The van der Waals surface area contributed by atoms with Crippen LogP contribution < -0.4 is 5.32 Å². The van der Waals surface area contributed by atoms with Crippen LogP contribution in [0.2, 0.25) is 0 Å². The van der Waals surface area contributed by atoms with Crippen molar-refractivity contribution in [3.63, 3.8) is 0 Å². The van der Waals surface area contributed by atoms with Gasteiger partial charge in [0.1, 0.15) is 6.04 Å². The van der Waals surface area contributed by atoms with Gasteiger partial charge >= 0.3 is 5.97 Å². The molecule has 1 saturated heterocycles. The molecule has 16 heavy (non-hydrogen) atoms. The maximum absolute atomic E-state index is 11.4. The second-order valence-electron chi connectivity index (χ2n) is 3.94. The summed E-state index contributed by atoms with van der Waals surface area (Å²) in [6.45, 7) is 3.49. The first kappa shape index (κ1) is 11.6. The molecule has 0 aromatic carbocycles. The molecule has 2 N–H and O–H groups in total. The third-order valence-electron chi connectivity index (χ3n) is 2.83. The van der Waals surface area contributed by atoms with Crippen molar-refractivity contribution >= 4 is 17.3 Å². The summed E-state index contributed by atoms with van der Waals surface area (Å²) in [4.78, 5) is 13.4. The van der Waals surface area contributed by atoms with Crippen LogP contribution in [0.4, 0.5) is 0 Å². The van der Waals surface area contributed by atoms with Crippen LogP contribution in [-0.4, -0.2) is 42.2 Å². The van der Waals surface area contributed by atoms with E-state index in [0.29, 0.717) is 0 Å². The number of hydrogen-bond acceptors (Lipinski definition) is 4. The topological polar surface area (TPSA) is 52.6 Å². The van der Waals surface area contributed by atoms with E-state index in [0.717, 1.165) is 38.2 Å². The van der Waals surface area contributed by atoms with Crippen LogP contribution in [0.5, 0.6) is 0 Å². The SMILES string of the molecule is O=C(O)C(c1ccsc1)N1CCCNCC1. The third-order valence-corrected chi connectivity index (χ3v) is 3.53. The minimum atomic E-state index is -0.750. The summed E-state index contributed by atoms with van der Waals surface area (Å²) in [5, 5.41) is 16.5. The van der Waals surface area contributed by atoms with Gasteiger partial charge in [0.05, 0.1) is 0 Å².